The lowest BCUT2D eigenvalue weighted by molar-refractivity contribution is 0.428. The molecule has 1 aromatic carbocycles. The molecule has 1 rings (SSSR count). The van der Waals surface area contributed by atoms with Gasteiger partial charge in [0, 0.05) is 13.0 Å². The van der Waals surface area contributed by atoms with Gasteiger partial charge in [-0.2, -0.15) is 0 Å². The molecule has 1 aromatic rings. The van der Waals surface area contributed by atoms with Crippen LogP contribution < -0.4 is 0 Å². The molecular weight excluding hydrogens is 196 g/mol. The summed E-state index contributed by atoms with van der Waals surface area (Å²) in [7, 11) is 0. The van der Waals surface area contributed by atoms with E-state index in [1.54, 1.807) is 0 Å². The third kappa shape index (κ3) is 1.39. The summed E-state index contributed by atoms with van der Waals surface area (Å²) in [6.45, 7) is 0. The van der Waals surface area contributed by atoms with Crippen LogP contribution in [0, 0.1) is 23.3 Å². The Kier molecular flexibility index (Phi) is 2.17. The summed E-state index contributed by atoms with van der Waals surface area (Å²) in [5.74, 6) is -8.39. The maximum Gasteiger partial charge on any atom is 0.194 e. The first-order valence-electron chi connectivity index (χ1n) is 3.42. The highest BCUT2D eigenvalue weighted by Crippen LogP contribution is 2.20. The monoisotopic (exact) mass is 199 g/mol. The van der Waals surface area contributed by atoms with Gasteiger partial charge in [-0.05, 0) is 0 Å². The molecule has 1 atom stereocenters. The molecule has 0 aliphatic rings. The molecule has 66 valence electrons. The van der Waals surface area contributed by atoms with Gasteiger partial charge in [-0.25, -0.2) is 17.6 Å². The molecule has 1 unspecified atom stereocenters. The lowest BCUT2D eigenvalue weighted by Gasteiger charge is -2.01. The summed E-state index contributed by atoms with van der Waals surface area (Å²) < 4.78 is 57.0. The molecule has 12 heavy (non-hydrogen) atoms. The quantitative estimate of drug-likeness (QED) is 0.282. The zero-order valence-electron chi connectivity index (χ0n) is 6.54. The zero-order chi connectivity index (χ0) is 10.2. The van der Waals surface area contributed by atoms with E-state index in [4.69, 9.17) is 13.0 Å². The molecule has 0 nitrogen and oxygen atoms in total. The SMILES string of the molecule is [2H]C(Cl)c1c(F)cc(F)c(F)c1F. The van der Waals surface area contributed by atoms with E-state index < -0.39 is 34.7 Å². The van der Waals surface area contributed by atoms with Crippen LogP contribution >= 0.6 is 11.6 Å². The predicted octanol–water partition coefficient (Wildman–Crippen LogP) is 2.98. The van der Waals surface area contributed by atoms with Gasteiger partial charge in [0.05, 0.1) is 5.86 Å². The van der Waals surface area contributed by atoms with E-state index >= 15 is 0 Å². The second-order valence-electron chi connectivity index (χ2n) is 1.99. The van der Waals surface area contributed by atoms with Gasteiger partial charge in [-0.1, -0.05) is 0 Å². The fourth-order valence-electron chi connectivity index (χ4n) is 0.680. The first-order chi connectivity index (χ1) is 5.95. The van der Waals surface area contributed by atoms with E-state index in [0.717, 1.165) is 0 Å². The molecule has 0 heterocycles. The summed E-state index contributed by atoms with van der Waals surface area (Å²) in [6.07, 6.45) is 0. The van der Waals surface area contributed by atoms with Crippen LogP contribution in [0.1, 0.15) is 6.93 Å². The van der Waals surface area contributed by atoms with Gasteiger partial charge in [0.25, 0.3) is 0 Å². The van der Waals surface area contributed by atoms with Crippen molar-refractivity contribution in [3.63, 3.8) is 0 Å². The van der Waals surface area contributed by atoms with Crippen LogP contribution in [0.4, 0.5) is 17.6 Å². The van der Waals surface area contributed by atoms with Gasteiger partial charge < -0.3 is 0 Å². The Hall–Kier alpha value is -0.770. The Balaban J connectivity index is 3.44. The second kappa shape index (κ2) is 3.31. The van der Waals surface area contributed by atoms with E-state index in [0.29, 0.717) is 0 Å². The van der Waals surface area contributed by atoms with Crippen LogP contribution in [-0.2, 0) is 5.86 Å². The molecule has 0 spiro atoms. The molecule has 0 aliphatic heterocycles. The average Bonchev–Trinajstić information content (AvgIpc) is 1.99. The van der Waals surface area contributed by atoms with Crippen molar-refractivity contribution in [2.24, 2.45) is 0 Å². The van der Waals surface area contributed by atoms with Crippen molar-refractivity contribution in [1.29, 1.82) is 0 Å². The van der Waals surface area contributed by atoms with Crippen LogP contribution in [0.15, 0.2) is 6.07 Å². The summed E-state index contributed by atoms with van der Waals surface area (Å²) in [5, 5.41) is 0. The molecule has 0 radical (unpaired) electrons. The van der Waals surface area contributed by atoms with Crippen molar-refractivity contribution in [2.75, 3.05) is 0 Å². The molecular formula is C7H3ClF4. The molecule has 0 fully saturated rings. The van der Waals surface area contributed by atoms with E-state index in [-0.39, 0.29) is 6.07 Å². The van der Waals surface area contributed by atoms with Crippen molar-refractivity contribution >= 4 is 11.6 Å². The molecule has 0 bridgehead atoms. The number of benzene rings is 1. The van der Waals surface area contributed by atoms with E-state index in [1.165, 1.54) is 0 Å². The van der Waals surface area contributed by atoms with Crippen LogP contribution in [-0.4, -0.2) is 0 Å². The van der Waals surface area contributed by atoms with Gasteiger partial charge >= 0.3 is 0 Å². The maximum atomic E-state index is 12.7. The summed E-state index contributed by atoms with van der Waals surface area (Å²) >= 11 is 5.04. The predicted molar refractivity (Wildman–Crippen MR) is 35.8 cm³/mol. The number of rotatable bonds is 1. The third-order valence-electron chi connectivity index (χ3n) is 1.26. The average molecular weight is 200 g/mol. The molecule has 0 aromatic heterocycles. The lowest BCUT2D eigenvalue weighted by Crippen LogP contribution is -1.99. The van der Waals surface area contributed by atoms with Gasteiger partial charge in [0.2, 0.25) is 0 Å². The van der Waals surface area contributed by atoms with E-state index in [9.17, 15) is 17.6 Å². The summed E-state index contributed by atoms with van der Waals surface area (Å²) in [4.78, 5) is 0. The molecule has 0 N–H and O–H groups in total. The van der Waals surface area contributed by atoms with Crippen LogP contribution in [0.3, 0.4) is 0 Å². The van der Waals surface area contributed by atoms with E-state index in [1.807, 2.05) is 0 Å². The fourth-order valence-corrected chi connectivity index (χ4v) is 0.880. The minimum absolute atomic E-state index is 0.150. The fraction of sp³-hybridized carbons (Fsp3) is 0.143. The topological polar surface area (TPSA) is 0 Å². The Morgan fingerprint density at radius 2 is 1.75 bits per heavy atom. The molecule has 0 saturated heterocycles. The molecule has 0 saturated carbocycles. The molecule has 0 amide bonds. The van der Waals surface area contributed by atoms with Gasteiger partial charge in [-0.15, -0.1) is 11.6 Å². The summed E-state index contributed by atoms with van der Waals surface area (Å²) in [5.41, 5.74) is -0.986. The normalized spacial score (nSPS) is 14.2. The summed E-state index contributed by atoms with van der Waals surface area (Å²) in [6, 6.07) is 0.150. The maximum absolute atomic E-state index is 12.7. The Bertz CT molecular complexity index is 340. The standard InChI is InChI=1S/C7H3ClF4/c8-2-3-4(9)1-5(10)7(12)6(3)11/h1H,2H2/i2D. The van der Waals surface area contributed by atoms with Gasteiger partial charge in [-0.3, -0.25) is 0 Å². The van der Waals surface area contributed by atoms with Crippen molar-refractivity contribution in [1.82, 2.24) is 0 Å². The largest absolute Gasteiger partial charge is 0.206 e. The van der Waals surface area contributed by atoms with Crippen molar-refractivity contribution < 1.29 is 18.9 Å². The Morgan fingerprint density at radius 1 is 1.17 bits per heavy atom. The smallest absolute Gasteiger partial charge is 0.194 e. The third-order valence-corrected chi connectivity index (χ3v) is 1.48. The van der Waals surface area contributed by atoms with E-state index in [2.05, 4.69) is 0 Å². The number of hydrogen-bond donors (Lipinski definition) is 0. The van der Waals surface area contributed by atoms with Crippen molar-refractivity contribution in [3.8, 4) is 0 Å². The highest BCUT2D eigenvalue weighted by molar-refractivity contribution is 6.17. The Labute approximate surface area is 72.2 Å². The zero-order valence-corrected chi connectivity index (χ0v) is 6.30. The lowest BCUT2D eigenvalue weighted by atomic mass is 10.2. The first-order valence-corrected chi connectivity index (χ1v) is 3.28. The highest BCUT2D eigenvalue weighted by atomic mass is 35.5. The van der Waals surface area contributed by atoms with Gasteiger partial charge in [0.15, 0.2) is 17.5 Å². The number of halogens is 5. The second-order valence-corrected chi connectivity index (χ2v) is 2.21. The van der Waals surface area contributed by atoms with Crippen molar-refractivity contribution in [2.45, 2.75) is 5.86 Å². The highest BCUT2D eigenvalue weighted by Gasteiger charge is 2.17. The van der Waals surface area contributed by atoms with Crippen LogP contribution in [0.25, 0.3) is 0 Å². The molecule has 5 heteroatoms. The van der Waals surface area contributed by atoms with Crippen molar-refractivity contribution in [3.05, 3.63) is 34.9 Å². The minimum Gasteiger partial charge on any atom is -0.206 e. The molecule has 0 aliphatic carbocycles. The number of alkyl halides is 1. The van der Waals surface area contributed by atoms with Gasteiger partial charge in [0.1, 0.15) is 5.82 Å². The first kappa shape index (κ1) is 7.86. The van der Waals surface area contributed by atoms with Crippen LogP contribution in [0.5, 0.6) is 0 Å². The van der Waals surface area contributed by atoms with Crippen LogP contribution in [0.2, 0.25) is 0 Å². The Morgan fingerprint density at radius 3 is 2.25 bits per heavy atom. The number of hydrogen-bond acceptors (Lipinski definition) is 0. The minimum atomic E-state index is -1.82.